The van der Waals surface area contributed by atoms with Gasteiger partial charge in [-0.3, -0.25) is 24.0 Å². The fraction of sp³-hybridized carbons (Fsp3) is 0.581. The molecule has 11 nitrogen and oxygen atoms in total. The molecular formula is C31H42F2N4O7. The molecule has 2 aliphatic rings. The number of morpholine rings is 1. The first-order valence-corrected chi connectivity index (χ1v) is 14.8. The van der Waals surface area contributed by atoms with Crippen LogP contribution < -0.4 is 10.6 Å². The number of hydrogen-bond acceptors (Lipinski definition) is 7. The summed E-state index contributed by atoms with van der Waals surface area (Å²) in [5, 5.41) is 5.25. The number of ether oxygens (including phenoxy) is 2. The van der Waals surface area contributed by atoms with Crippen molar-refractivity contribution in [1.29, 1.82) is 0 Å². The highest BCUT2D eigenvalue weighted by molar-refractivity contribution is 6.00. The number of nitrogens with one attached hydrogen (secondary N) is 2. The first-order chi connectivity index (χ1) is 20.6. The van der Waals surface area contributed by atoms with Crippen LogP contribution in [0.3, 0.4) is 0 Å². The van der Waals surface area contributed by atoms with Crippen LogP contribution in [-0.2, 0) is 23.9 Å². The van der Waals surface area contributed by atoms with Gasteiger partial charge in [0.15, 0.2) is 5.76 Å². The van der Waals surface area contributed by atoms with Crippen LogP contribution in [0.5, 0.6) is 0 Å². The summed E-state index contributed by atoms with van der Waals surface area (Å²) in [6.45, 7) is 10.3. The summed E-state index contributed by atoms with van der Waals surface area (Å²) in [7, 11) is 0. The summed E-state index contributed by atoms with van der Waals surface area (Å²) in [4.78, 5) is 67.6. The molecule has 242 valence electrons. The van der Waals surface area contributed by atoms with E-state index in [1.807, 2.05) is 0 Å². The number of halogens is 2. The largest absolute Gasteiger partial charge is 0.423 e. The Kier molecular flexibility index (Phi) is 11.6. The number of amides is 4. The summed E-state index contributed by atoms with van der Waals surface area (Å²) in [5.41, 5.74) is 0.433. The van der Waals surface area contributed by atoms with Gasteiger partial charge < -0.3 is 29.9 Å². The monoisotopic (exact) mass is 620 g/mol. The average Bonchev–Trinajstić information content (AvgIpc) is 3.46. The number of rotatable bonds is 10. The zero-order valence-electron chi connectivity index (χ0n) is 26.1. The standard InChI is InChI=1S/C31H42F2N4O7/c1-18(2)24(26(31(6,32)33)44-20(5)38)34-28(40)23-8-7-13-37(23)30(42)25(19(3)4)35-27(39)21-9-11-22(12-10-21)29(41)36-14-16-43-17-15-36/h9-12,18-19,23,25H,7-8,13-17H2,1-6H3,(H,34,40)(H,35,39)/b26-24-/t23-,25-/m0/s1. The van der Waals surface area contributed by atoms with Crippen LogP contribution in [0.2, 0.25) is 0 Å². The molecule has 0 radical (unpaired) electrons. The second kappa shape index (κ2) is 14.7. The van der Waals surface area contributed by atoms with E-state index in [4.69, 9.17) is 9.47 Å². The summed E-state index contributed by atoms with van der Waals surface area (Å²) in [6, 6.07) is 4.18. The minimum atomic E-state index is -3.55. The molecule has 2 aliphatic heterocycles. The predicted molar refractivity (Wildman–Crippen MR) is 156 cm³/mol. The van der Waals surface area contributed by atoms with Crippen molar-refractivity contribution in [3.05, 3.63) is 46.8 Å². The molecule has 2 N–H and O–H groups in total. The van der Waals surface area contributed by atoms with Crippen LogP contribution in [0.25, 0.3) is 0 Å². The number of benzene rings is 1. The normalized spacial score (nSPS) is 18.5. The third kappa shape index (κ3) is 8.61. The van der Waals surface area contributed by atoms with E-state index >= 15 is 0 Å². The molecule has 0 aliphatic carbocycles. The van der Waals surface area contributed by atoms with E-state index in [1.165, 1.54) is 17.0 Å². The molecule has 4 amide bonds. The van der Waals surface area contributed by atoms with Gasteiger partial charge in [0.25, 0.3) is 11.8 Å². The molecule has 1 aromatic carbocycles. The number of alkyl halides is 2. The number of allylic oxidation sites excluding steroid dienone is 2. The molecule has 2 atom stereocenters. The molecule has 1 aromatic rings. The van der Waals surface area contributed by atoms with E-state index in [9.17, 15) is 32.8 Å². The lowest BCUT2D eigenvalue weighted by molar-refractivity contribution is -0.142. The van der Waals surface area contributed by atoms with Crippen molar-refractivity contribution >= 4 is 29.6 Å². The number of carbonyl (C=O) groups is 5. The summed E-state index contributed by atoms with van der Waals surface area (Å²) in [5.74, 6) is -8.30. The van der Waals surface area contributed by atoms with Gasteiger partial charge in [-0.1, -0.05) is 27.7 Å². The van der Waals surface area contributed by atoms with Crippen molar-refractivity contribution in [1.82, 2.24) is 20.4 Å². The number of carbonyl (C=O) groups excluding carboxylic acids is 5. The molecule has 2 saturated heterocycles. The molecule has 3 rings (SSSR count). The maximum Gasteiger partial charge on any atom is 0.307 e. The maximum absolute atomic E-state index is 14.4. The second-order valence-electron chi connectivity index (χ2n) is 11.7. The topological polar surface area (TPSA) is 134 Å². The van der Waals surface area contributed by atoms with Crippen LogP contribution >= 0.6 is 0 Å². The first kappa shape index (κ1) is 34.6. The number of esters is 1. The van der Waals surface area contributed by atoms with Gasteiger partial charge >= 0.3 is 11.9 Å². The van der Waals surface area contributed by atoms with Gasteiger partial charge in [-0.15, -0.1) is 0 Å². The molecule has 0 spiro atoms. The van der Waals surface area contributed by atoms with Crippen molar-refractivity contribution in [2.45, 2.75) is 72.4 Å². The van der Waals surface area contributed by atoms with Crippen molar-refractivity contribution in [2.24, 2.45) is 11.8 Å². The fourth-order valence-corrected chi connectivity index (χ4v) is 5.14. The summed E-state index contributed by atoms with van der Waals surface area (Å²) in [6.07, 6.45) is 0.772. The zero-order valence-corrected chi connectivity index (χ0v) is 26.1. The van der Waals surface area contributed by atoms with Crippen LogP contribution in [0, 0.1) is 11.8 Å². The highest BCUT2D eigenvalue weighted by Crippen LogP contribution is 2.30. The highest BCUT2D eigenvalue weighted by atomic mass is 19.3. The second-order valence-corrected chi connectivity index (χ2v) is 11.7. The van der Waals surface area contributed by atoms with E-state index in [2.05, 4.69) is 10.6 Å². The Balaban J connectivity index is 1.75. The van der Waals surface area contributed by atoms with E-state index in [-0.39, 0.29) is 36.1 Å². The van der Waals surface area contributed by atoms with Gasteiger partial charge in [0, 0.05) is 44.6 Å². The smallest absolute Gasteiger partial charge is 0.307 e. The van der Waals surface area contributed by atoms with Gasteiger partial charge in [-0.05, 0) is 48.9 Å². The first-order valence-electron chi connectivity index (χ1n) is 14.8. The molecule has 0 aromatic heterocycles. The maximum atomic E-state index is 14.4. The van der Waals surface area contributed by atoms with Gasteiger partial charge in [0.05, 0.1) is 18.9 Å². The molecule has 0 saturated carbocycles. The Morgan fingerprint density at radius 3 is 2.09 bits per heavy atom. The van der Waals surface area contributed by atoms with Gasteiger partial charge in [0.1, 0.15) is 12.1 Å². The van der Waals surface area contributed by atoms with E-state index in [0.29, 0.717) is 45.2 Å². The minimum absolute atomic E-state index is 0.160. The molecular weight excluding hydrogens is 578 g/mol. The Morgan fingerprint density at radius 1 is 0.977 bits per heavy atom. The number of hydrogen-bond donors (Lipinski definition) is 2. The Hall–Kier alpha value is -3.87. The lowest BCUT2D eigenvalue weighted by atomic mass is 10.0. The number of likely N-dealkylation sites (tertiary alicyclic amines) is 1. The lowest BCUT2D eigenvalue weighted by Gasteiger charge is -2.31. The van der Waals surface area contributed by atoms with Crippen molar-refractivity contribution in [2.75, 3.05) is 32.8 Å². The summed E-state index contributed by atoms with van der Waals surface area (Å²) < 4.78 is 38.8. The van der Waals surface area contributed by atoms with E-state index in [1.54, 1.807) is 44.7 Å². The Morgan fingerprint density at radius 2 is 1.57 bits per heavy atom. The molecule has 13 heteroatoms. The van der Waals surface area contributed by atoms with Crippen LogP contribution in [0.4, 0.5) is 8.78 Å². The molecule has 44 heavy (non-hydrogen) atoms. The van der Waals surface area contributed by atoms with E-state index < -0.39 is 53.4 Å². The average molecular weight is 621 g/mol. The molecule has 0 bridgehead atoms. The minimum Gasteiger partial charge on any atom is -0.423 e. The van der Waals surface area contributed by atoms with E-state index in [0.717, 1.165) is 6.92 Å². The fourth-order valence-electron chi connectivity index (χ4n) is 5.14. The van der Waals surface area contributed by atoms with Gasteiger partial charge in [-0.25, -0.2) is 0 Å². The van der Waals surface area contributed by atoms with Crippen molar-refractivity contribution in [3.63, 3.8) is 0 Å². The van der Waals surface area contributed by atoms with Crippen LogP contribution in [0.1, 0.15) is 75.1 Å². The van der Waals surface area contributed by atoms with Crippen molar-refractivity contribution < 1.29 is 42.2 Å². The third-order valence-electron chi connectivity index (χ3n) is 7.47. The highest BCUT2D eigenvalue weighted by Gasteiger charge is 2.41. The zero-order chi connectivity index (χ0) is 32.8. The van der Waals surface area contributed by atoms with Gasteiger partial charge in [-0.2, -0.15) is 8.78 Å². The number of nitrogens with zero attached hydrogens (tertiary/aromatic N) is 2. The van der Waals surface area contributed by atoms with Crippen LogP contribution in [-0.4, -0.2) is 90.3 Å². The summed E-state index contributed by atoms with van der Waals surface area (Å²) >= 11 is 0. The van der Waals surface area contributed by atoms with Gasteiger partial charge in [0.2, 0.25) is 11.8 Å². The van der Waals surface area contributed by atoms with Crippen LogP contribution in [0.15, 0.2) is 35.7 Å². The molecule has 0 unspecified atom stereocenters. The Labute approximate surface area is 256 Å². The SMILES string of the molecule is CC(=O)O/C(=C(\NC(=O)[C@@H]1CCCN1C(=O)[C@@H](NC(=O)c1ccc(C(=O)N2CCOCC2)cc1)C(C)C)C(C)C)C(C)(F)F. The Bertz CT molecular complexity index is 1270. The molecule has 2 heterocycles. The lowest BCUT2D eigenvalue weighted by Crippen LogP contribution is -2.55. The van der Waals surface area contributed by atoms with Crippen molar-refractivity contribution in [3.8, 4) is 0 Å². The third-order valence-corrected chi connectivity index (χ3v) is 7.47. The predicted octanol–water partition coefficient (Wildman–Crippen LogP) is 3.11. The quantitative estimate of drug-likeness (QED) is 0.303. The molecule has 2 fully saturated rings.